The molecule has 0 aliphatic carbocycles. The van der Waals surface area contributed by atoms with Crippen LogP contribution in [0, 0.1) is 0 Å². The molecule has 0 amide bonds. The van der Waals surface area contributed by atoms with Crippen LogP contribution in [0.5, 0.6) is 0 Å². The van der Waals surface area contributed by atoms with Gasteiger partial charge in [0.05, 0.1) is 0 Å². The van der Waals surface area contributed by atoms with Gasteiger partial charge in [0, 0.05) is 0 Å². The molecule has 0 aromatic heterocycles. The maximum Gasteiger partial charge on any atom is 0.340 e. The minimum absolute atomic E-state index is 0.116. The van der Waals surface area contributed by atoms with E-state index in [1.165, 1.54) is 19.1 Å². The van der Waals surface area contributed by atoms with Gasteiger partial charge in [-0.3, -0.25) is 4.55 Å². The molecule has 1 aromatic carbocycles. The molecule has 1 rings (SSSR count). The number of allylic oxidation sites excluding steroid dienone is 1. The lowest BCUT2D eigenvalue weighted by atomic mass is 10.4. The lowest BCUT2D eigenvalue weighted by Crippen LogP contribution is -2.11. The predicted molar refractivity (Wildman–Crippen MR) is 59.3 cm³/mol. The molecule has 0 atom stereocenters. The zero-order valence-electron chi connectivity index (χ0n) is 8.82. The van der Waals surface area contributed by atoms with E-state index in [9.17, 15) is 16.8 Å². The molecule has 17 heavy (non-hydrogen) atoms. The van der Waals surface area contributed by atoms with Crippen LogP contribution in [0.15, 0.2) is 46.4 Å². The molecule has 0 fully saturated rings. The zero-order valence-corrected chi connectivity index (χ0v) is 10.5. The van der Waals surface area contributed by atoms with Gasteiger partial charge in [-0.15, -0.1) is 0 Å². The Hall–Kier alpha value is -1.38. The average Bonchev–Trinajstić information content (AvgIpc) is 2.14. The maximum absolute atomic E-state index is 11.7. The highest BCUT2D eigenvalue weighted by atomic mass is 32.2. The molecule has 0 saturated heterocycles. The molecule has 1 N–H and O–H groups in total. The quantitative estimate of drug-likeness (QED) is 0.504. The second-order valence-corrected chi connectivity index (χ2v) is 6.07. The zero-order chi connectivity index (χ0) is 13.3. The molecular formula is C9H10O6S2. The van der Waals surface area contributed by atoms with Gasteiger partial charge < -0.3 is 4.18 Å². The van der Waals surface area contributed by atoms with Crippen LogP contribution in [0.4, 0.5) is 0 Å². The Morgan fingerprint density at radius 2 is 1.65 bits per heavy atom. The summed E-state index contributed by atoms with van der Waals surface area (Å²) in [6.07, 6.45) is 0. The van der Waals surface area contributed by atoms with Crippen LogP contribution in [0.2, 0.25) is 0 Å². The van der Waals surface area contributed by atoms with Crippen molar-refractivity contribution in [1.82, 2.24) is 0 Å². The fourth-order valence-electron chi connectivity index (χ4n) is 1.10. The van der Waals surface area contributed by atoms with Gasteiger partial charge in [-0.05, 0) is 19.1 Å². The van der Waals surface area contributed by atoms with Crippen LogP contribution < -0.4 is 0 Å². The molecule has 0 spiro atoms. The first-order valence-corrected chi connectivity index (χ1v) is 7.16. The highest BCUT2D eigenvalue weighted by Gasteiger charge is 2.26. The predicted octanol–water partition coefficient (Wildman–Crippen LogP) is 1.17. The van der Waals surface area contributed by atoms with Crippen molar-refractivity contribution < 1.29 is 25.6 Å². The standard InChI is InChI=1S/C9H10O6S2/c1-7(2)15-17(13,14)9-6-4-3-5-8(9)16(10,11)12/h3-6H,1H2,2H3,(H,10,11,12). The second-order valence-electron chi connectivity index (χ2n) is 3.16. The van der Waals surface area contributed by atoms with Gasteiger partial charge in [-0.25, -0.2) is 0 Å². The van der Waals surface area contributed by atoms with E-state index in [1.54, 1.807) is 0 Å². The fraction of sp³-hybridized carbons (Fsp3) is 0.111. The van der Waals surface area contributed by atoms with Gasteiger partial charge in [-0.2, -0.15) is 16.8 Å². The molecule has 0 aliphatic rings. The molecular weight excluding hydrogens is 268 g/mol. The monoisotopic (exact) mass is 278 g/mol. The summed E-state index contributed by atoms with van der Waals surface area (Å²) in [4.78, 5) is -1.37. The Morgan fingerprint density at radius 1 is 1.18 bits per heavy atom. The van der Waals surface area contributed by atoms with Crippen molar-refractivity contribution in [1.29, 1.82) is 0 Å². The number of rotatable bonds is 4. The van der Waals surface area contributed by atoms with E-state index in [-0.39, 0.29) is 5.76 Å². The molecule has 0 radical (unpaired) electrons. The average molecular weight is 278 g/mol. The first-order chi connectivity index (χ1) is 7.64. The highest BCUT2D eigenvalue weighted by Crippen LogP contribution is 2.23. The third-order valence-electron chi connectivity index (χ3n) is 1.65. The van der Waals surface area contributed by atoms with Crippen LogP contribution >= 0.6 is 0 Å². The number of hydrogen-bond donors (Lipinski definition) is 1. The maximum atomic E-state index is 11.7. The van der Waals surface area contributed by atoms with Gasteiger partial charge in [-0.1, -0.05) is 18.7 Å². The topological polar surface area (TPSA) is 97.7 Å². The van der Waals surface area contributed by atoms with Crippen molar-refractivity contribution in [3.8, 4) is 0 Å². The van der Waals surface area contributed by atoms with E-state index < -0.39 is 30.0 Å². The van der Waals surface area contributed by atoms with Crippen molar-refractivity contribution in [2.45, 2.75) is 16.7 Å². The number of benzene rings is 1. The molecule has 0 heterocycles. The Kier molecular flexibility index (Phi) is 3.60. The third kappa shape index (κ3) is 3.29. The Labute approximate surface area is 99.4 Å². The Balaban J connectivity index is 3.48. The van der Waals surface area contributed by atoms with E-state index in [4.69, 9.17) is 4.55 Å². The first kappa shape index (κ1) is 13.7. The summed E-state index contributed by atoms with van der Waals surface area (Å²) in [6.45, 7) is 4.54. The molecule has 0 saturated carbocycles. The first-order valence-electron chi connectivity index (χ1n) is 4.31. The van der Waals surface area contributed by atoms with Crippen LogP contribution in [-0.4, -0.2) is 21.4 Å². The van der Waals surface area contributed by atoms with Crippen LogP contribution in [0.1, 0.15) is 6.92 Å². The summed E-state index contributed by atoms with van der Waals surface area (Å²) < 4.78 is 58.7. The molecule has 6 nitrogen and oxygen atoms in total. The van der Waals surface area contributed by atoms with Gasteiger partial charge in [0.25, 0.3) is 10.1 Å². The molecule has 8 heteroatoms. The van der Waals surface area contributed by atoms with Gasteiger partial charge >= 0.3 is 10.1 Å². The van der Waals surface area contributed by atoms with E-state index in [2.05, 4.69) is 10.8 Å². The van der Waals surface area contributed by atoms with E-state index >= 15 is 0 Å². The summed E-state index contributed by atoms with van der Waals surface area (Å²) in [7, 11) is -8.95. The minimum Gasteiger partial charge on any atom is -0.384 e. The Bertz CT molecular complexity index is 642. The summed E-state index contributed by atoms with van der Waals surface area (Å²) in [6, 6.07) is 4.57. The summed E-state index contributed by atoms with van der Waals surface area (Å²) in [5.41, 5.74) is 0. The second kappa shape index (κ2) is 4.47. The lowest BCUT2D eigenvalue weighted by molar-refractivity contribution is 0.406. The van der Waals surface area contributed by atoms with Crippen LogP contribution in [-0.2, 0) is 24.4 Å². The fourth-order valence-corrected chi connectivity index (χ4v) is 3.32. The van der Waals surface area contributed by atoms with Crippen molar-refractivity contribution in [3.05, 3.63) is 36.6 Å². The van der Waals surface area contributed by atoms with E-state index in [0.29, 0.717) is 0 Å². The van der Waals surface area contributed by atoms with Crippen LogP contribution in [0.3, 0.4) is 0 Å². The van der Waals surface area contributed by atoms with Crippen molar-refractivity contribution in [2.24, 2.45) is 0 Å². The normalized spacial score (nSPS) is 12.1. The lowest BCUT2D eigenvalue weighted by Gasteiger charge is -2.08. The summed E-state index contributed by atoms with van der Waals surface area (Å²) in [5, 5.41) is 0. The smallest absolute Gasteiger partial charge is 0.340 e. The molecule has 0 unspecified atom stereocenters. The molecule has 94 valence electrons. The summed E-state index contributed by atoms with van der Waals surface area (Å²) >= 11 is 0. The van der Waals surface area contributed by atoms with E-state index in [1.807, 2.05) is 0 Å². The Morgan fingerprint density at radius 3 is 2.06 bits per heavy atom. The van der Waals surface area contributed by atoms with Crippen molar-refractivity contribution >= 4 is 20.2 Å². The van der Waals surface area contributed by atoms with Gasteiger partial charge in [0.2, 0.25) is 0 Å². The summed E-state index contributed by atoms with van der Waals surface area (Å²) in [5.74, 6) is -0.116. The molecule has 0 bridgehead atoms. The number of hydrogen-bond acceptors (Lipinski definition) is 5. The third-order valence-corrected chi connectivity index (χ3v) is 4.09. The van der Waals surface area contributed by atoms with Gasteiger partial charge in [0.1, 0.15) is 15.6 Å². The molecule has 1 aromatic rings. The molecule has 0 aliphatic heterocycles. The van der Waals surface area contributed by atoms with Gasteiger partial charge in [0.15, 0.2) is 0 Å². The minimum atomic E-state index is -4.64. The largest absolute Gasteiger partial charge is 0.384 e. The highest BCUT2D eigenvalue weighted by molar-refractivity contribution is 7.89. The van der Waals surface area contributed by atoms with Crippen LogP contribution in [0.25, 0.3) is 0 Å². The van der Waals surface area contributed by atoms with E-state index in [0.717, 1.165) is 12.1 Å². The van der Waals surface area contributed by atoms with Crippen molar-refractivity contribution in [2.75, 3.05) is 0 Å². The SMILES string of the molecule is C=C(C)OS(=O)(=O)c1ccccc1S(=O)(=O)O. The van der Waals surface area contributed by atoms with Crippen molar-refractivity contribution in [3.63, 3.8) is 0 Å².